The van der Waals surface area contributed by atoms with Crippen LogP contribution in [-0.4, -0.2) is 0 Å². The zero-order valence-electron chi connectivity index (χ0n) is 12.2. The minimum atomic E-state index is -0.0448. The SMILES string of the molecule is CC12CCCC=C1C=Cc1c2c(Cl)c(Cl)c2cc(Cl)ccc12. The van der Waals surface area contributed by atoms with Crippen molar-refractivity contribution in [2.45, 2.75) is 31.6 Å². The first-order valence-electron chi connectivity index (χ1n) is 7.52. The van der Waals surface area contributed by atoms with Gasteiger partial charge in [-0.05, 0) is 53.5 Å². The molecule has 2 aliphatic carbocycles. The average Bonchev–Trinajstić information content (AvgIpc) is 2.51. The smallest absolute Gasteiger partial charge is 0.0674 e. The average molecular weight is 350 g/mol. The molecule has 0 nitrogen and oxygen atoms in total. The van der Waals surface area contributed by atoms with Crippen molar-refractivity contribution in [3.8, 4) is 0 Å². The monoisotopic (exact) mass is 348 g/mol. The lowest BCUT2D eigenvalue weighted by atomic mass is 9.65. The van der Waals surface area contributed by atoms with E-state index in [4.69, 9.17) is 34.8 Å². The Labute approximate surface area is 145 Å². The Morgan fingerprint density at radius 3 is 2.64 bits per heavy atom. The Morgan fingerprint density at radius 2 is 1.82 bits per heavy atom. The minimum Gasteiger partial charge on any atom is -0.0843 e. The summed E-state index contributed by atoms with van der Waals surface area (Å²) in [6, 6.07) is 5.86. The first-order chi connectivity index (χ1) is 10.5. The van der Waals surface area contributed by atoms with E-state index in [1.165, 1.54) is 23.1 Å². The van der Waals surface area contributed by atoms with Gasteiger partial charge in [0.1, 0.15) is 0 Å². The molecule has 0 aromatic heterocycles. The van der Waals surface area contributed by atoms with Crippen molar-refractivity contribution in [2.75, 3.05) is 0 Å². The second-order valence-electron chi connectivity index (χ2n) is 6.32. The van der Waals surface area contributed by atoms with Crippen LogP contribution >= 0.6 is 34.8 Å². The molecule has 2 aliphatic rings. The Balaban J connectivity index is 2.15. The van der Waals surface area contributed by atoms with Crippen LogP contribution in [0.3, 0.4) is 0 Å². The van der Waals surface area contributed by atoms with Gasteiger partial charge in [-0.2, -0.15) is 0 Å². The highest BCUT2D eigenvalue weighted by Gasteiger charge is 2.38. The molecule has 2 aromatic carbocycles. The molecule has 0 radical (unpaired) electrons. The molecule has 0 spiro atoms. The summed E-state index contributed by atoms with van der Waals surface area (Å²) >= 11 is 19.4. The van der Waals surface area contributed by atoms with Gasteiger partial charge in [-0.1, -0.05) is 66.0 Å². The van der Waals surface area contributed by atoms with Crippen molar-refractivity contribution >= 4 is 51.7 Å². The molecule has 1 atom stereocenters. The van der Waals surface area contributed by atoms with Crippen LogP contribution in [0, 0.1) is 0 Å². The van der Waals surface area contributed by atoms with E-state index in [0.29, 0.717) is 15.1 Å². The topological polar surface area (TPSA) is 0 Å². The third kappa shape index (κ3) is 1.91. The quantitative estimate of drug-likeness (QED) is 0.472. The molecule has 0 heterocycles. The Morgan fingerprint density at radius 1 is 1.00 bits per heavy atom. The third-order valence-corrected chi connectivity index (χ3v) is 6.16. The van der Waals surface area contributed by atoms with Crippen LogP contribution in [0.1, 0.15) is 37.3 Å². The second kappa shape index (κ2) is 5.03. The van der Waals surface area contributed by atoms with Crippen LogP contribution < -0.4 is 0 Å². The summed E-state index contributed by atoms with van der Waals surface area (Å²) < 4.78 is 0. The Kier molecular flexibility index (Phi) is 3.34. The first kappa shape index (κ1) is 14.6. The van der Waals surface area contributed by atoms with E-state index in [1.807, 2.05) is 18.2 Å². The van der Waals surface area contributed by atoms with Crippen LogP contribution in [0.25, 0.3) is 16.8 Å². The maximum Gasteiger partial charge on any atom is 0.0674 e. The van der Waals surface area contributed by atoms with Gasteiger partial charge < -0.3 is 0 Å². The van der Waals surface area contributed by atoms with E-state index >= 15 is 0 Å². The normalized spacial score (nSPS) is 23.2. The van der Waals surface area contributed by atoms with Crippen LogP contribution in [0.4, 0.5) is 0 Å². The van der Waals surface area contributed by atoms with E-state index in [0.717, 1.165) is 23.6 Å². The predicted octanol–water partition coefficient (Wildman–Crippen LogP) is 7.19. The number of hydrogen-bond donors (Lipinski definition) is 0. The van der Waals surface area contributed by atoms with Gasteiger partial charge >= 0.3 is 0 Å². The number of hydrogen-bond acceptors (Lipinski definition) is 0. The van der Waals surface area contributed by atoms with Gasteiger partial charge in [-0.3, -0.25) is 0 Å². The van der Waals surface area contributed by atoms with Crippen LogP contribution in [0.15, 0.2) is 35.9 Å². The zero-order valence-corrected chi connectivity index (χ0v) is 14.5. The van der Waals surface area contributed by atoms with E-state index in [9.17, 15) is 0 Å². The van der Waals surface area contributed by atoms with Crippen molar-refractivity contribution in [3.05, 3.63) is 62.1 Å². The number of allylic oxidation sites excluding steroid dienone is 3. The number of benzene rings is 2. The summed E-state index contributed by atoms with van der Waals surface area (Å²) in [7, 11) is 0. The van der Waals surface area contributed by atoms with Crippen molar-refractivity contribution in [3.63, 3.8) is 0 Å². The Hall–Kier alpha value is -0.950. The third-order valence-electron chi connectivity index (χ3n) is 5.05. The fourth-order valence-electron chi connectivity index (χ4n) is 3.90. The minimum absolute atomic E-state index is 0.0448. The highest BCUT2D eigenvalue weighted by atomic mass is 35.5. The lowest BCUT2D eigenvalue weighted by molar-refractivity contribution is 0.473. The molecule has 22 heavy (non-hydrogen) atoms. The zero-order chi connectivity index (χ0) is 15.5. The molecule has 0 saturated heterocycles. The lowest BCUT2D eigenvalue weighted by Gasteiger charge is -2.40. The number of rotatable bonds is 0. The van der Waals surface area contributed by atoms with Crippen molar-refractivity contribution < 1.29 is 0 Å². The van der Waals surface area contributed by atoms with E-state index < -0.39 is 0 Å². The maximum absolute atomic E-state index is 6.72. The van der Waals surface area contributed by atoms with Gasteiger partial charge in [0.05, 0.1) is 10.0 Å². The highest BCUT2D eigenvalue weighted by Crippen LogP contribution is 2.52. The van der Waals surface area contributed by atoms with Crippen LogP contribution in [-0.2, 0) is 5.41 Å². The van der Waals surface area contributed by atoms with Gasteiger partial charge in [0.25, 0.3) is 0 Å². The highest BCUT2D eigenvalue weighted by molar-refractivity contribution is 6.46. The molecule has 3 heteroatoms. The molecule has 0 N–H and O–H groups in total. The standard InChI is InChI=1S/C19H15Cl3/c1-19-9-3-2-4-11(19)5-7-14-13-8-6-12(20)10-15(13)17(21)18(22)16(14)19/h4-8,10H,2-3,9H2,1H3. The van der Waals surface area contributed by atoms with Crippen LogP contribution in [0.2, 0.25) is 15.1 Å². The summed E-state index contributed by atoms with van der Waals surface area (Å²) in [5.74, 6) is 0. The molecule has 0 fully saturated rings. The second-order valence-corrected chi connectivity index (χ2v) is 7.52. The van der Waals surface area contributed by atoms with Crippen molar-refractivity contribution in [1.29, 1.82) is 0 Å². The van der Waals surface area contributed by atoms with Gasteiger partial charge in [0, 0.05) is 15.8 Å². The van der Waals surface area contributed by atoms with Gasteiger partial charge in [0.2, 0.25) is 0 Å². The number of halogens is 3. The van der Waals surface area contributed by atoms with E-state index in [-0.39, 0.29) is 5.41 Å². The molecule has 0 saturated carbocycles. The van der Waals surface area contributed by atoms with Crippen molar-refractivity contribution in [2.24, 2.45) is 0 Å². The fourth-order valence-corrected chi connectivity index (χ4v) is 4.74. The summed E-state index contributed by atoms with van der Waals surface area (Å²) in [5.41, 5.74) is 3.67. The largest absolute Gasteiger partial charge is 0.0843 e. The first-order valence-corrected chi connectivity index (χ1v) is 8.65. The molecule has 0 bridgehead atoms. The van der Waals surface area contributed by atoms with Gasteiger partial charge in [0.15, 0.2) is 0 Å². The summed E-state index contributed by atoms with van der Waals surface area (Å²) in [5, 5.41) is 4.01. The molecule has 112 valence electrons. The summed E-state index contributed by atoms with van der Waals surface area (Å²) in [4.78, 5) is 0. The van der Waals surface area contributed by atoms with E-state index in [1.54, 1.807) is 0 Å². The summed E-state index contributed by atoms with van der Waals surface area (Å²) in [6.45, 7) is 2.28. The van der Waals surface area contributed by atoms with Crippen molar-refractivity contribution in [1.82, 2.24) is 0 Å². The molecule has 1 unspecified atom stereocenters. The molecule has 0 aliphatic heterocycles. The molecule has 2 aromatic rings. The molecule has 0 amide bonds. The lowest BCUT2D eigenvalue weighted by Crippen LogP contribution is -2.30. The van der Waals surface area contributed by atoms with Gasteiger partial charge in [-0.25, -0.2) is 0 Å². The molecular weight excluding hydrogens is 335 g/mol. The molecule has 4 rings (SSSR count). The molecular formula is C19H15Cl3. The van der Waals surface area contributed by atoms with Crippen LogP contribution in [0.5, 0.6) is 0 Å². The predicted molar refractivity (Wildman–Crippen MR) is 97.3 cm³/mol. The fraction of sp³-hybridized carbons (Fsp3) is 0.263. The maximum atomic E-state index is 6.72. The van der Waals surface area contributed by atoms with E-state index in [2.05, 4.69) is 25.2 Å². The Bertz CT molecular complexity index is 861. The number of fused-ring (bicyclic) bond motifs is 5. The summed E-state index contributed by atoms with van der Waals surface area (Å²) in [6.07, 6.45) is 10.2. The van der Waals surface area contributed by atoms with Gasteiger partial charge in [-0.15, -0.1) is 0 Å².